The summed E-state index contributed by atoms with van der Waals surface area (Å²) in [4.78, 5) is 24.7. The summed E-state index contributed by atoms with van der Waals surface area (Å²) in [6.45, 7) is 10.6. The smallest absolute Gasteiger partial charge is 0.254 e. The molecular formula is C26H33N5O2. The maximum absolute atomic E-state index is 13.1. The molecule has 0 radical (unpaired) electrons. The molecule has 4 heterocycles. The molecule has 0 unspecified atom stereocenters. The Labute approximate surface area is 195 Å². The summed E-state index contributed by atoms with van der Waals surface area (Å²) in [5.41, 5.74) is 3.64. The van der Waals surface area contributed by atoms with Gasteiger partial charge in [-0.05, 0) is 62.7 Å². The Bertz CT molecular complexity index is 1100. The van der Waals surface area contributed by atoms with Gasteiger partial charge >= 0.3 is 0 Å². The molecule has 174 valence electrons. The maximum Gasteiger partial charge on any atom is 0.254 e. The van der Waals surface area contributed by atoms with E-state index in [-0.39, 0.29) is 5.91 Å². The van der Waals surface area contributed by atoms with Crippen LogP contribution in [0.15, 0.2) is 48.8 Å². The average Bonchev–Trinajstić information content (AvgIpc) is 3.51. The summed E-state index contributed by atoms with van der Waals surface area (Å²) in [6, 6.07) is 11.6. The number of piperazine rings is 1. The molecule has 0 bridgehead atoms. The van der Waals surface area contributed by atoms with Gasteiger partial charge in [0.1, 0.15) is 18.0 Å². The number of rotatable bonds is 7. The molecule has 0 spiro atoms. The lowest BCUT2D eigenvalue weighted by molar-refractivity contribution is 0.0626. The highest BCUT2D eigenvalue weighted by molar-refractivity contribution is 5.94. The lowest BCUT2D eigenvalue weighted by Crippen LogP contribution is -2.50. The average molecular weight is 448 g/mol. The van der Waals surface area contributed by atoms with Crippen LogP contribution in [0, 0.1) is 6.92 Å². The molecule has 2 aromatic heterocycles. The molecule has 2 aliphatic rings. The van der Waals surface area contributed by atoms with E-state index < -0.39 is 0 Å². The third-order valence-corrected chi connectivity index (χ3v) is 6.71. The molecule has 0 atom stereocenters. The first-order valence-corrected chi connectivity index (χ1v) is 12.1. The molecule has 1 amide bonds. The van der Waals surface area contributed by atoms with Gasteiger partial charge in [-0.25, -0.2) is 4.98 Å². The van der Waals surface area contributed by atoms with Crippen molar-refractivity contribution in [1.82, 2.24) is 24.1 Å². The molecule has 7 heteroatoms. The van der Waals surface area contributed by atoms with Crippen LogP contribution in [0.25, 0.3) is 5.65 Å². The van der Waals surface area contributed by atoms with Crippen LogP contribution < -0.4 is 4.74 Å². The van der Waals surface area contributed by atoms with Gasteiger partial charge in [0.25, 0.3) is 5.91 Å². The third-order valence-electron chi connectivity index (χ3n) is 6.71. The van der Waals surface area contributed by atoms with E-state index in [1.165, 1.54) is 31.5 Å². The number of pyridine rings is 1. The van der Waals surface area contributed by atoms with Crippen molar-refractivity contribution in [2.24, 2.45) is 0 Å². The van der Waals surface area contributed by atoms with Crippen LogP contribution in [0.1, 0.15) is 34.5 Å². The second-order valence-corrected chi connectivity index (χ2v) is 9.20. The van der Waals surface area contributed by atoms with Gasteiger partial charge in [-0.3, -0.25) is 9.69 Å². The number of benzene rings is 1. The number of hydrogen-bond acceptors (Lipinski definition) is 5. The molecule has 0 N–H and O–H groups in total. The number of fused-ring (bicyclic) bond motifs is 1. The quantitative estimate of drug-likeness (QED) is 0.557. The van der Waals surface area contributed by atoms with Crippen LogP contribution in [-0.2, 0) is 6.61 Å². The maximum atomic E-state index is 13.1. The summed E-state index contributed by atoms with van der Waals surface area (Å²) < 4.78 is 7.98. The van der Waals surface area contributed by atoms with E-state index in [2.05, 4.69) is 34.0 Å². The van der Waals surface area contributed by atoms with Gasteiger partial charge in [0, 0.05) is 57.2 Å². The van der Waals surface area contributed by atoms with Crippen molar-refractivity contribution < 1.29 is 9.53 Å². The number of carbonyl (C=O) groups excluding carboxylic acids is 1. The minimum Gasteiger partial charge on any atom is -0.487 e. The lowest BCUT2D eigenvalue weighted by Gasteiger charge is -2.35. The molecule has 2 fully saturated rings. The fourth-order valence-corrected chi connectivity index (χ4v) is 4.75. The number of imidazole rings is 1. The van der Waals surface area contributed by atoms with Crippen LogP contribution in [0.5, 0.6) is 5.75 Å². The number of amides is 1. The SMILES string of the molecule is Cc1ccc2nc(COc3cccc(C(=O)N4CCN(CCN5CCCC5)CC4)c3)cn2c1. The second-order valence-electron chi connectivity index (χ2n) is 9.20. The summed E-state index contributed by atoms with van der Waals surface area (Å²) in [7, 11) is 0. The molecule has 2 saturated heterocycles. The van der Waals surface area contributed by atoms with Crippen LogP contribution in [0.4, 0.5) is 0 Å². The monoisotopic (exact) mass is 447 g/mol. The van der Waals surface area contributed by atoms with Crippen LogP contribution in [-0.4, -0.2) is 82.3 Å². The van der Waals surface area contributed by atoms with Gasteiger partial charge in [-0.1, -0.05) is 12.1 Å². The lowest BCUT2D eigenvalue weighted by atomic mass is 10.1. The standard InChI is InChI=1S/C26H33N5O2/c1-21-7-8-25-27-23(19-31(25)18-21)20-33-24-6-4-5-22(17-24)26(32)30-15-13-29(14-16-30)12-11-28-9-2-3-10-28/h4-8,17-19H,2-3,9-16,20H2,1H3. The van der Waals surface area contributed by atoms with Crippen LogP contribution >= 0.6 is 0 Å². The first kappa shape index (κ1) is 21.9. The van der Waals surface area contributed by atoms with Crippen LogP contribution in [0.3, 0.4) is 0 Å². The number of hydrogen-bond donors (Lipinski definition) is 0. The van der Waals surface area contributed by atoms with Gasteiger partial charge in [0.15, 0.2) is 0 Å². The summed E-state index contributed by atoms with van der Waals surface area (Å²) >= 11 is 0. The number of ether oxygens (including phenoxy) is 1. The normalized spacial score (nSPS) is 17.7. The van der Waals surface area contributed by atoms with Crippen LogP contribution in [0.2, 0.25) is 0 Å². The van der Waals surface area contributed by atoms with Gasteiger partial charge in [0.2, 0.25) is 0 Å². The largest absolute Gasteiger partial charge is 0.487 e. The number of aromatic nitrogens is 2. The summed E-state index contributed by atoms with van der Waals surface area (Å²) in [5.74, 6) is 0.779. The molecule has 0 saturated carbocycles. The van der Waals surface area contributed by atoms with Crippen molar-refractivity contribution in [1.29, 1.82) is 0 Å². The number of nitrogens with zero attached hydrogens (tertiary/aromatic N) is 5. The molecule has 7 nitrogen and oxygen atoms in total. The summed E-state index contributed by atoms with van der Waals surface area (Å²) in [5, 5.41) is 0. The van der Waals surface area contributed by atoms with E-state index in [0.29, 0.717) is 17.9 Å². The van der Waals surface area contributed by atoms with E-state index in [1.807, 2.05) is 45.8 Å². The van der Waals surface area contributed by atoms with Gasteiger partial charge < -0.3 is 18.9 Å². The zero-order valence-corrected chi connectivity index (χ0v) is 19.4. The topological polar surface area (TPSA) is 53.3 Å². The molecule has 33 heavy (non-hydrogen) atoms. The van der Waals surface area contributed by atoms with E-state index in [4.69, 9.17) is 4.74 Å². The minimum atomic E-state index is 0.0860. The van der Waals surface area contributed by atoms with Gasteiger partial charge in [0.05, 0.1) is 5.69 Å². The molecule has 2 aliphatic heterocycles. The first-order valence-electron chi connectivity index (χ1n) is 12.1. The molecule has 0 aliphatic carbocycles. The fraction of sp³-hybridized carbons (Fsp3) is 0.462. The Balaban J connectivity index is 1.13. The minimum absolute atomic E-state index is 0.0860. The number of likely N-dealkylation sites (tertiary alicyclic amines) is 1. The predicted molar refractivity (Wildman–Crippen MR) is 129 cm³/mol. The second kappa shape index (κ2) is 9.93. The molecule has 3 aromatic rings. The highest BCUT2D eigenvalue weighted by atomic mass is 16.5. The third kappa shape index (κ3) is 5.37. The zero-order chi connectivity index (χ0) is 22.6. The van der Waals surface area contributed by atoms with Gasteiger partial charge in [-0.2, -0.15) is 0 Å². The van der Waals surface area contributed by atoms with E-state index in [9.17, 15) is 4.79 Å². The Kier molecular flexibility index (Phi) is 6.60. The van der Waals surface area contributed by atoms with E-state index in [0.717, 1.165) is 50.6 Å². The number of aryl methyl sites for hydroxylation is 1. The zero-order valence-electron chi connectivity index (χ0n) is 19.4. The van der Waals surface area contributed by atoms with Crippen molar-refractivity contribution in [2.75, 3.05) is 52.4 Å². The van der Waals surface area contributed by atoms with E-state index >= 15 is 0 Å². The van der Waals surface area contributed by atoms with Crippen molar-refractivity contribution in [3.63, 3.8) is 0 Å². The van der Waals surface area contributed by atoms with Gasteiger partial charge in [-0.15, -0.1) is 0 Å². The Hall–Kier alpha value is -2.90. The van der Waals surface area contributed by atoms with Crippen molar-refractivity contribution in [3.05, 3.63) is 65.6 Å². The first-order chi connectivity index (χ1) is 16.1. The van der Waals surface area contributed by atoms with Crippen molar-refractivity contribution >= 4 is 11.6 Å². The number of carbonyl (C=O) groups is 1. The highest BCUT2D eigenvalue weighted by Gasteiger charge is 2.23. The van der Waals surface area contributed by atoms with Crippen molar-refractivity contribution in [2.45, 2.75) is 26.4 Å². The fourth-order valence-electron chi connectivity index (χ4n) is 4.75. The Morgan fingerprint density at radius 2 is 1.70 bits per heavy atom. The Morgan fingerprint density at radius 3 is 2.48 bits per heavy atom. The molecular weight excluding hydrogens is 414 g/mol. The molecule has 1 aromatic carbocycles. The highest BCUT2D eigenvalue weighted by Crippen LogP contribution is 2.18. The summed E-state index contributed by atoms with van der Waals surface area (Å²) in [6.07, 6.45) is 6.71. The van der Waals surface area contributed by atoms with E-state index in [1.54, 1.807) is 0 Å². The predicted octanol–water partition coefficient (Wildman–Crippen LogP) is 3.08. The van der Waals surface area contributed by atoms with Crippen molar-refractivity contribution in [3.8, 4) is 5.75 Å². The Morgan fingerprint density at radius 1 is 0.939 bits per heavy atom. The molecule has 5 rings (SSSR count).